The molecular formula is C27H30N2O5. The maximum atomic E-state index is 12.7. The van der Waals surface area contributed by atoms with Gasteiger partial charge in [0.05, 0.1) is 26.0 Å². The van der Waals surface area contributed by atoms with Crippen LogP contribution in [-0.2, 0) is 6.61 Å². The Balaban J connectivity index is 1.68. The van der Waals surface area contributed by atoms with Crippen molar-refractivity contribution >= 4 is 12.1 Å². The average Bonchev–Trinajstić information content (AvgIpc) is 2.85. The van der Waals surface area contributed by atoms with Crippen molar-refractivity contribution in [1.29, 1.82) is 0 Å². The molecule has 7 heteroatoms. The summed E-state index contributed by atoms with van der Waals surface area (Å²) in [4.78, 5) is 12.7. The van der Waals surface area contributed by atoms with Crippen molar-refractivity contribution in [1.82, 2.24) is 5.43 Å². The molecule has 1 amide bonds. The fraction of sp³-hybridized carbons (Fsp3) is 0.259. The lowest BCUT2D eigenvalue weighted by molar-refractivity contribution is 0.0954. The number of hydrogen-bond acceptors (Lipinski definition) is 6. The summed E-state index contributed by atoms with van der Waals surface area (Å²) in [5.41, 5.74) is 4.79. The number of amides is 1. The van der Waals surface area contributed by atoms with Gasteiger partial charge in [-0.3, -0.25) is 4.79 Å². The van der Waals surface area contributed by atoms with Crippen LogP contribution in [0.1, 0.15) is 42.3 Å². The van der Waals surface area contributed by atoms with Gasteiger partial charge in [0.25, 0.3) is 5.91 Å². The Morgan fingerprint density at radius 2 is 1.50 bits per heavy atom. The van der Waals surface area contributed by atoms with E-state index in [1.165, 1.54) is 0 Å². The van der Waals surface area contributed by atoms with Crippen LogP contribution in [0.25, 0.3) is 0 Å². The number of benzene rings is 3. The second-order valence-corrected chi connectivity index (χ2v) is 7.15. The molecule has 0 heterocycles. The number of nitrogens with one attached hydrogen (secondary N) is 1. The second kappa shape index (κ2) is 12.9. The van der Waals surface area contributed by atoms with Crippen molar-refractivity contribution in [3.63, 3.8) is 0 Å². The molecule has 0 aliphatic rings. The molecule has 3 aromatic rings. The molecule has 0 saturated heterocycles. The van der Waals surface area contributed by atoms with Crippen molar-refractivity contribution in [2.75, 3.05) is 19.8 Å². The molecule has 0 radical (unpaired) electrons. The molecular weight excluding hydrogens is 432 g/mol. The van der Waals surface area contributed by atoms with Crippen molar-refractivity contribution in [3.8, 4) is 23.0 Å². The van der Waals surface area contributed by atoms with Gasteiger partial charge in [0.1, 0.15) is 12.4 Å². The summed E-state index contributed by atoms with van der Waals surface area (Å²) < 4.78 is 22.9. The molecule has 0 aliphatic carbocycles. The minimum absolute atomic E-state index is 0.354. The maximum Gasteiger partial charge on any atom is 0.271 e. The van der Waals surface area contributed by atoms with E-state index in [2.05, 4.69) is 10.5 Å². The van der Waals surface area contributed by atoms with E-state index in [0.717, 1.165) is 11.1 Å². The summed E-state index contributed by atoms with van der Waals surface area (Å²) in [6.45, 7) is 7.39. The lowest BCUT2D eigenvalue weighted by Gasteiger charge is -2.16. The fourth-order valence-electron chi connectivity index (χ4n) is 3.18. The van der Waals surface area contributed by atoms with E-state index >= 15 is 0 Å². The van der Waals surface area contributed by atoms with Crippen molar-refractivity contribution < 1.29 is 23.7 Å². The lowest BCUT2D eigenvalue weighted by Crippen LogP contribution is -2.18. The van der Waals surface area contributed by atoms with E-state index in [1.54, 1.807) is 18.3 Å². The zero-order valence-electron chi connectivity index (χ0n) is 19.7. The molecule has 0 unspecified atom stereocenters. The van der Waals surface area contributed by atoms with E-state index in [9.17, 15) is 4.79 Å². The quantitative estimate of drug-likeness (QED) is 0.295. The van der Waals surface area contributed by atoms with Gasteiger partial charge in [-0.15, -0.1) is 0 Å². The highest BCUT2D eigenvalue weighted by Crippen LogP contribution is 2.39. The highest BCUT2D eigenvalue weighted by atomic mass is 16.5. The Hall–Kier alpha value is -4.00. The molecule has 1 N–H and O–H groups in total. The van der Waals surface area contributed by atoms with Crippen LogP contribution in [0.15, 0.2) is 71.8 Å². The summed E-state index contributed by atoms with van der Waals surface area (Å²) in [5, 5.41) is 4.09. The van der Waals surface area contributed by atoms with Gasteiger partial charge in [0, 0.05) is 5.56 Å². The zero-order valence-corrected chi connectivity index (χ0v) is 19.7. The first kappa shape index (κ1) is 24.6. The monoisotopic (exact) mass is 462 g/mol. The number of hydrogen-bond donors (Lipinski definition) is 1. The molecule has 0 bridgehead atoms. The molecule has 0 atom stereocenters. The predicted octanol–water partition coefficient (Wildman–Crippen LogP) is 5.23. The summed E-state index contributed by atoms with van der Waals surface area (Å²) >= 11 is 0. The Kier molecular flexibility index (Phi) is 9.34. The van der Waals surface area contributed by atoms with E-state index in [-0.39, 0.29) is 0 Å². The normalized spacial score (nSPS) is 10.7. The molecule has 34 heavy (non-hydrogen) atoms. The van der Waals surface area contributed by atoms with Crippen LogP contribution in [-0.4, -0.2) is 31.9 Å². The van der Waals surface area contributed by atoms with Gasteiger partial charge in [-0.25, -0.2) is 5.43 Å². The van der Waals surface area contributed by atoms with Gasteiger partial charge in [0.15, 0.2) is 11.5 Å². The van der Waals surface area contributed by atoms with Crippen LogP contribution in [0.3, 0.4) is 0 Å². The van der Waals surface area contributed by atoms with Crippen molar-refractivity contribution in [2.45, 2.75) is 27.4 Å². The van der Waals surface area contributed by atoms with Crippen LogP contribution < -0.4 is 24.4 Å². The molecule has 0 saturated carbocycles. The Morgan fingerprint density at radius 1 is 0.824 bits per heavy atom. The van der Waals surface area contributed by atoms with Crippen LogP contribution in [0.4, 0.5) is 0 Å². The SMILES string of the molecule is CCOc1cc(C(=O)N/N=C\c2cccc(OCc3ccccc3)c2)cc(OCC)c1OCC. The molecule has 3 aromatic carbocycles. The topological polar surface area (TPSA) is 78.4 Å². The summed E-state index contributed by atoms with van der Waals surface area (Å²) in [7, 11) is 0. The van der Waals surface area contributed by atoms with E-state index < -0.39 is 5.91 Å². The first-order chi connectivity index (χ1) is 16.6. The van der Waals surface area contributed by atoms with E-state index in [4.69, 9.17) is 18.9 Å². The Labute approximate surface area is 200 Å². The third-order valence-corrected chi connectivity index (χ3v) is 4.66. The van der Waals surface area contributed by atoms with Gasteiger partial charge < -0.3 is 18.9 Å². The maximum absolute atomic E-state index is 12.7. The number of carbonyl (C=O) groups excluding carboxylic acids is 1. The van der Waals surface area contributed by atoms with Crippen molar-refractivity contribution in [3.05, 3.63) is 83.4 Å². The molecule has 178 valence electrons. The minimum Gasteiger partial charge on any atom is -0.490 e. The molecule has 7 nitrogen and oxygen atoms in total. The van der Waals surface area contributed by atoms with Gasteiger partial charge in [-0.1, -0.05) is 42.5 Å². The number of ether oxygens (including phenoxy) is 4. The lowest BCUT2D eigenvalue weighted by atomic mass is 10.1. The van der Waals surface area contributed by atoms with Crippen LogP contribution in [0, 0.1) is 0 Å². The fourth-order valence-corrected chi connectivity index (χ4v) is 3.18. The summed E-state index contributed by atoms with van der Waals surface area (Å²) in [6.07, 6.45) is 1.56. The van der Waals surface area contributed by atoms with Gasteiger partial charge in [0.2, 0.25) is 5.75 Å². The molecule has 3 rings (SSSR count). The van der Waals surface area contributed by atoms with Gasteiger partial charge >= 0.3 is 0 Å². The Bertz CT molecular complexity index is 1070. The molecule has 0 aliphatic heterocycles. The van der Waals surface area contributed by atoms with Gasteiger partial charge in [-0.2, -0.15) is 5.10 Å². The highest BCUT2D eigenvalue weighted by Gasteiger charge is 2.18. The second-order valence-electron chi connectivity index (χ2n) is 7.15. The predicted molar refractivity (Wildman–Crippen MR) is 132 cm³/mol. The molecule has 0 spiro atoms. The summed E-state index contributed by atoms with van der Waals surface area (Å²) in [5.74, 6) is 1.71. The van der Waals surface area contributed by atoms with E-state index in [0.29, 0.717) is 55.0 Å². The smallest absolute Gasteiger partial charge is 0.271 e. The van der Waals surface area contributed by atoms with Crippen molar-refractivity contribution in [2.24, 2.45) is 5.10 Å². The number of carbonyl (C=O) groups is 1. The zero-order chi connectivity index (χ0) is 24.2. The third kappa shape index (κ3) is 7.00. The number of nitrogens with zero attached hydrogens (tertiary/aromatic N) is 1. The Morgan fingerprint density at radius 3 is 2.15 bits per heavy atom. The average molecular weight is 463 g/mol. The largest absolute Gasteiger partial charge is 0.490 e. The highest BCUT2D eigenvalue weighted by molar-refractivity contribution is 5.96. The molecule has 0 fully saturated rings. The molecule has 0 aromatic heterocycles. The minimum atomic E-state index is -0.391. The summed E-state index contributed by atoms with van der Waals surface area (Å²) in [6, 6.07) is 20.7. The first-order valence-electron chi connectivity index (χ1n) is 11.3. The third-order valence-electron chi connectivity index (χ3n) is 4.66. The number of rotatable bonds is 12. The standard InChI is InChI=1S/C27H30N2O5/c1-4-31-24-16-22(17-25(32-5-2)26(24)33-6-3)27(30)29-28-18-21-13-10-14-23(15-21)34-19-20-11-8-7-9-12-20/h7-18H,4-6,19H2,1-3H3,(H,29,30)/b28-18-. The van der Waals surface area contributed by atoms with Gasteiger partial charge in [-0.05, 0) is 56.2 Å². The van der Waals surface area contributed by atoms with E-state index in [1.807, 2.05) is 75.4 Å². The van der Waals surface area contributed by atoms with Crippen LogP contribution in [0.5, 0.6) is 23.0 Å². The number of hydrazone groups is 1. The first-order valence-corrected chi connectivity index (χ1v) is 11.3. The van der Waals surface area contributed by atoms with Crippen LogP contribution in [0.2, 0.25) is 0 Å². The van der Waals surface area contributed by atoms with Crippen LogP contribution >= 0.6 is 0 Å².